The van der Waals surface area contributed by atoms with E-state index in [0.717, 1.165) is 16.7 Å². The zero-order valence-corrected chi connectivity index (χ0v) is 21.7. The summed E-state index contributed by atoms with van der Waals surface area (Å²) in [6, 6.07) is 15.4. The average Bonchev–Trinajstić information content (AvgIpc) is 3.61. The third-order valence-electron chi connectivity index (χ3n) is 5.78. The molecular formula is C26H20ClN3O4S2. The van der Waals surface area contributed by atoms with Crippen LogP contribution in [-0.4, -0.2) is 27.0 Å². The number of halogens is 1. The molecular weight excluding hydrogens is 518 g/mol. The maximum absolute atomic E-state index is 13.2. The standard InChI is InChI=1S/C26H20ClN3O4S2/c1-14-5-6-15(2)18(12-14)22(31)20-21(19-4-3-11-34-19)30(24(33)23(20)32)25-28-29-26(36-25)35-13-16-7-9-17(27)10-8-16/h3-12,21,31H,13H2,1-2H3/b22-20+. The van der Waals surface area contributed by atoms with Crippen molar-refractivity contribution < 1.29 is 19.1 Å². The Bertz CT molecular complexity index is 1480. The number of anilines is 1. The second-order valence-electron chi connectivity index (χ2n) is 8.27. The maximum Gasteiger partial charge on any atom is 0.302 e. The van der Waals surface area contributed by atoms with E-state index in [0.29, 0.717) is 26.4 Å². The summed E-state index contributed by atoms with van der Waals surface area (Å²) in [5.41, 5.74) is 3.19. The zero-order chi connectivity index (χ0) is 25.4. The fraction of sp³-hybridized carbons (Fsp3) is 0.154. The highest BCUT2D eigenvalue weighted by Crippen LogP contribution is 2.44. The molecule has 7 nitrogen and oxygen atoms in total. The minimum Gasteiger partial charge on any atom is -0.507 e. The van der Waals surface area contributed by atoms with Crippen molar-refractivity contribution in [3.63, 3.8) is 0 Å². The lowest BCUT2D eigenvalue weighted by atomic mass is 9.96. The van der Waals surface area contributed by atoms with Gasteiger partial charge in [-0.2, -0.15) is 0 Å². The van der Waals surface area contributed by atoms with Crippen LogP contribution < -0.4 is 4.90 Å². The number of hydrogen-bond acceptors (Lipinski definition) is 8. The fourth-order valence-corrected chi connectivity index (χ4v) is 5.92. The van der Waals surface area contributed by atoms with E-state index in [-0.39, 0.29) is 16.5 Å². The number of benzene rings is 2. The van der Waals surface area contributed by atoms with Crippen LogP contribution in [0.15, 0.2) is 75.2 Å². The monoisotopic (exact) mass is 537 g/mol. The molecule has 5 rings (SSSR count). The number of furan rings is 1. The molecule has 1 amide bonds. The van der Waals surface area contributed by atoms with Crippen LogP contribution in [0.1, 0.15) is 34.1 Å². The topological polar surface area (TPSA) is 96.5 Å². The molecule has 4 aromatic rings. The molecule has 0 radical (unpaired) electrons. The third-order valence-corrected chi connectivity index (χ3v) is 8.16. The zero-order valence-electron chi connectivity index (χ0n) is 19.3. The number of amides is 1. The summed E-state index contributed by atoms with van der Waals surface area (Å²) in [5.74, 6) is -0.875. The highest BCUT2D eigenvalue weighted by molar-refractivity contribution is 8.00. The van der Waals surface area contributed by atoms with Crippen LogP contribution in [-0.2, 0) is 15.3 Å². The van der Waals surface area contributed by atoms with E-state index in [2.05, 4.69) is 10.2 Å². The minimum atomic E-state index is -0.970. The number of carbonyl (C=O) groups excluding carboxylic acids is 2. The highest BCUT2D eigenvalue weighted by atomic mass is 35.5. The number of thioether (sulfide) groups is 1. The predicted molar refractivity (Wildman–Crippen MR) is 140 cm³/mol. The van der Waals surface area contributed by atoms with Gasteiger partial charge in [-0.05, 0) is 55.3 Å². The Labute approximate surface area is 220 Å². The van der Waals surface area contributed by atoms with Gasteiger partial charge in [-0.1, -0.05) is 64.5 Å². The number of aliphatic hydroxyl groups is 1. The number of nitrogens with zero attached hydrogens (tertiary/aromatic N) is 3. The number of rotatable bonds is 6. The van der Waals surface area contributed by atoms with E-state index < -0.39 is 17.7 Å². The van der Waals surface area contributed by atoms with Crippen LogP contribution in [0.25, 0.3) is 5.76 Å². The van der Waals surface area contributed by atoms with Crippen LogP contribution in [0, 0.1) is 13.8 Å². The van der Waals surface area contributed by atoms with Crippen molar-refractivity contribution in [2.75, 3.05) is 4.90 Å². The third kappa shape index (κ3) is 4.57. The van der Waals surface area contributed by atoms with Gasteiger partial charge in [-0.15, -0.1) is 10.2 Å². The first-order valence-corrected chi connectivity index (χ1v) is 13.1. The summed E-state index contributed by atoms with van der Waals surface area (Å²) in [6.07, 6.45) is 1.46. The second kappa shape index (κ2) is 9.93. The Morgan fingerprint density at radius 2 is 1.92 bits per heavy atom. The first-order chi connectivity index (χ1) is 17.3. The maximum atomic E-state index is 13.2. The molecule has 1 saturated heterocycles. The first kappa shape index (κ1) is 24.3. The van der Waals surface area contributed by atoms with Gasteiger partial charge in [0.25, 0.3) is 5.78 Å². The minimum absolute atomic E-state index is 0.0470. The van der Waals surface area contributed by atoms with Crippen LogP contribution in [0.3, 0.4) is 0 Å². The second-order valence-corrected chi connectivity index (χ2v) is 10.9. The number of carbonyl (C=O) groups is 2. The van der Waals surface area contributed by atoms with E-state index in [1.807, 2.05) is 50.2 Å². The van der Waals surface area contributed by atoms with E-state index in [4.69, 9.17) is 16.0 Å². The number of aliphatic hydroxyl groups excluding tert-OH is 1. The Balaban J connectivity index is 1.52. The molecule has 1 unspecified atom stereocenters. The summed E-state index contributed by atoms with van der Waals surface area (Å²) < 4.78 is 6.24. The van der Waals surface area contributed by atoms with Crippen LogP contribution >= 0.6 is 34.7 Å². The first-order valence-electron chi connectivity index (χ1n) is 11.0. The highest BCUT2D eigenvalue weighted by Gasteiger charge is 2.49. The molecule has 1 aliphatic heterocycles. The van der Waals surface area contributed by atoms with E-state index in [1.54, 1.807) is 18.2 Å². The molecule has 1 fully saturated rings. The largest absolute Gasteiger partial charge is 0.507 e. The Hall–Kier alpha value is -3.40. The molecule has 0 bridgehead atoms. The van der Waals surface area contributed by atoms with E-state index >= 15 is 0 Å². The number of Topliss-reactive ketones (excluding diaryl/α,β-unsaturated/α-hetero) is 1. The van der Waals surface area contributed by atoms with Gasteiger partial charge >= 0.3 is 5.91 Å². The van der Waals surface area contributed by atoms with Crippen molar-refractivity contribution in [1.29, 1.82) is 0 Å². The molecule has 2 aromatic heterocycles. The summed E-state index contributed by atoms with van der Waals surface area (Å²) in [4.78, 5) is 27.7. The lowest BCUT2D eigenvalue weighted by Gasteiger charge is -2.20. The molecule has 182 valence electrons. The predicted octanol–water partition coefficient (Wildman–Crippen LogP) is 6.32. The van der Waals surface area contributed by atoms with E-state index in [9.17, 15) is 14.7 Å². The van der Waals surface area contributed by atoms with E-state index in [1.165, 1.54) is 34.3 Å². The van der Waals surface area contributed by atoms with Crippen molar-refractivity contribution in [2.45, 2.75) is 30.0 Å². The molecule has 0 aliphatic carbocycles. The van der Waals surface area contributed by atoms with Crippen molar-refractivity contribution in [2.24, 2.45) is 0 Å². The summed E-state index contributed by atoms with van der Waals surface area (Å²) >= 11 is 8.61. The van der Waals surface area contributed by atoms with Crippen LogP contribution in [0.5, 0.6) is 0 Å². The van der Waals surface area contributed by atoms with Crippen LogP contribution in [0.2, 0.25) is 5.02 Å². The Morgan fingerprint density at radius 1 is 1.14 bits per heavy atom. The fourth-order valence-electron chi connectivity index (χ4n) is 3.97. The lowest BCUT2D eigenvalue weighted by molar-refractivity contribution is -0.132. The van der Waals surface area contributed by atoms with Gasteiger partial charge in [0.05, 0.1) is 11.8 Å². The molecule has 36 heavy (non-hydrogen) atoms. The normalized spacial score (nSPS) is 17.2. The van der Waals surface area contributed by atoms with Crippen molar-refractivity contribution in [1.82, 2.24) is 10.2 Å². The van der Waals surface area contributed by atoms with Gasteiger partial charge in [0.15, 0.2) is 4.34 Å². The number of aromatic nitrogens is 2. The lowest BCUT2D eigenvalue weighted by Crippen LogP contribution is -2.29. The summed E-state index contributed by atoms with van der Waals surface area (Å²) in [5, 5.41) is 20.6. The number of aryl methyl sites for hydroxylation is 2. The molecule has 1 N–H and O–H groups in total. The van der Waals surface area contributed by atoms with Crippen LogP contribution in [0.4, 0.5) is 5.13 Å². The molecule has 1 atom stereocenters. The smallest absolute Gasteiger partial charge is 0.302 e. The molecule has 10 heteroatoms. The molecule has 1 aliphatic rings. The number of hydrogen-bond donors (Lipinski definition) is 1. The molecule has 0 spiro atoms. The molecule has 3 heterocycles. The average molecular weight is 538 g/mol. The van der Waals surface area contributed by atoms with Gasteiger partial charge in [0.2, 0.25) is 5.13 Å². The van der Waals surface area contributed by atoms with Crippen molar-refractivity contribution in [3.05, 3.63) is 99.5 Å². The summed E-state index contributed by atoms with van der Waals surface area (Å²) in [7, 11) is 0. The number of ketones is 1. The Kier molecular flexibility index (Phi) is 6.70. The molecule has 0 saturated carbocycles. The van der Waals surface area contributed by atoms with Gasteiger partial charge in [-0.25, -0.2) is 0 Å². The van der Waals surface area contributed by atoms with Gasteiger partial charge < -0.3 is 9.52 Å². The molecule has 2 aromatic carbocycles. The van der Waals surface area contributed by atoms with Crippen molar-refractivity contribution in [3.8, 4) is 0 Å². The summed E-state index contributed by atoms with van der Waals surface area (Å²) in [6.45, 7) is 3.73. The van der Waals surface area contributed by atoms with Gasteiger partial charge in [-0.3, -0.25) is 14.5 Å². The van der Waals surface area contributed by atoms with Crippen molar-refractivity contribution >= 4 is 57.3 Å². The van der Waals surface area contributed by atoms with Gasteiger partial charge in [0.1, 0.15) is 17.6 Å². The van der Waals surface area contributed by atoms with Gasteiger partial charge in [0, 0.05) is 16.3 Å². The quantitative estimate of drug-likeness (QED) is 0.101. The Morgan fingerprint density at radius 3 is 2.64 bits per heavy atom. The SMILES string of the molecule is Cc1ccc(C)c(/C(O)=C2\C(=O)C(=O)N(c3nnc(SCc4ccc(Cl)cc4)s3)C2c2ccco2)c1.